The Labute approximate surface area is 177 Å². The van der Waals surface area contributed by atoms with Gasteiger partial charge in [-0.25, -0.2) is 0 Å². The average molecular weight is 426 g/mol. The van der Waals surface area contributed by atoms with Gasteiger partial charge in [0.25, 0.3) is 0 Å². The van der Waals surface area contributed by atoms with Gasteiger partial charge in [-0.15, -0.1) is 0 Å². The van der Waals surface area contributed by atoms with Gasteiger partial charge in [-0.3, -0.25) is 14.9 Å². The monoisotopic (exact) mass is 426 g/mol. The first-order valence-electron chi connectivity index (χ1n) is 9.50. The number of rotatable bonds is 8. The van der Waals surface area contributed by atoms with Crippen LogP contribution >= 0.6 is 11.3 Å². The molecule has 0 atom stereocenters. The summed E-state index contributed by atoms with van der Waals surface area (Å²) in [7, 11) is 3.22. The molecule has 3 heterocycles. The summed E-state index contributed by atoms with van der Waals surface area (Å²) in [5.74, 6) is 0.192. The number of aliphatic carboxylic acids is 1. The molecule has 2 aromatic heterocycles. The van der Waals surface area contributed by atoms with Crippen molar-refractivity contribution in [2.45, 2.75) is 13.0 Å². The predicted octanol–water partition coefficient (Wildman–Crippen LogP) is 3.31. The highest BCUT2D eigenvalue weighted by Gasteiger charge is 2.28. The second-order valence-corrected chi connectivity index (χ2v) is 7.77. The van der Waals surface area contributed by atoms with Gasteiger partial charge in [0.1, 0.15) is 0 Å². The van der Waals surface area contributed by atoms with Gasteiger partial charge in [0, 0.05) is 17.7 Å². The number of ketones is 1. The molecule has 7 nitrogen and oxygen atoms in total. The number of ether oxygens (including phenoxy) is 2. The van der Waals surface area contributed by atoms with E-state index in [1.54, 1.807) is 25.6 Å². The summed E-state index contributed by atoms with van der Waals surface area (Å²) in [4.78, 5) is 23.7. The number of thiophene rings is 1. The van der Waals surface area contributed by atoms with Crippen molar-refractivity contribution < 1.29 is 24.2 Å². The van der Waals surface area contributed by atoms with Crippen LogP contribution in [-0.4, -0.2) is 48.7 Å². The Balaban J connectivity index is 1.83. The van der Waals surface area contributed by atoms with E-state index in [0.717, 1.165) is 34.4 Å². The Kier molecular flexibility index (Phi) is 5.61. The van der Waals surface area contributed by atoms with E-state index >= 15 is 0 Å². The smallest absolute Gasteiger partial charge is 0.317 e. The van der Waals surface area contributed by atoms with Crippen LogP contribution in [0.25, 0.3) is 22.4 Å². The van der Waals surface area contributed by atoms with E-state index in [-0.39, 0.29) is 18.9 Å². The number of hydrogen-bond acceptors (Lipinski definition) is 6. The minimum atomic E-state index is -0.992. The first kappa shape index (κ1) is 20.2. The zero-order chi connectivity index (χ0) is 21.3. The molecule has 0 spiro atoms. The number of nitrogens with one attached hydrogen (secondary N) is 1. The number of carbonyl (C=O) groups excluding carboxylic acids is 1. The van der Waals surface area contributed by atoms with E-state index in [2.05, 4.69) is 10.7 Å². The van der Waals surface area contributed by atoms with Gasteiger partial charge in [0.05, 0.1) is 38.7 Å². The summed E-state index contributed by atoms with van der Waals surface area (Å²) in [6.07, 6.45) is 0.753. The highest BCUT2D eigenvalue weighted by Crippen LogP contribution is 2.44. The van der Waals surface area contributed by atoms with E-state index in [0.29, 0.717) is 23.7 Å². The van der Waals surface area contributed by atoms with Crippen LogP contribution in [-0.2, 0) is 17.8 Å². The van der Waals surface area contributed by atoms with Gasteiger partial charge in [-0.2, -0.15) is 11.3 Å². The second-order valence-electron chi connectivity index (χ2n) is 6.99. The van der Waals surface area contributed by atoms with Crippen molar-refractivity contribution in [1.29, 1.82) is 0 Å². The molecule has 1 aliphatic rings. The molecule has 0 bridgehead atoms. The predicted molar refractivity (Wildman–Crippen MR) is 115 cm³/mol. The van der Waals surface area contributed by atoms with Gasteiger partial charge in [0.2, 0.25) is 0 Å². The number of aromatic nitrogens is 1. The van der Waals surface area contributed by atoms with Crippen molar-refractivity contribution in [2.24, 2.45) is 0 Å². The molecule has 0 amide bonds. The molecule has 0 unspecified atom stereocenters. The van der Waals surface area contributed by atoms with Crippen molar-refractivity contribution in [3.05, 3.63) is 46.3 Å². The highest BCUT2D eigenvalue weighted by atomic mass is 32.1. The quantitative estimate of drug-likeness (QED) is 0.537. The summed E-state index contributed by atoms with van der Waals surface area (Å²) in [5.41, 5.74) is 5.71. The van der Waals surface area contributed by atoms with Gasteiger partial charge in [-0.1, -0.05) is 0 Å². The molecule has 30 heavy (non-hydrogen) atoms. The van der Waals surface area contributed by atoms with Crippen molar-refractivity contribution in [1.82, 2.24) is 9.88 Å². The van der Waals surface area contributed by atoms with Crippen LogP contribution in [0.1, 0.15) is 16.1 Å². The molecule has 1 aliphatic heterocycles. The van der Waals surface area contributed by atoms with E-state index in [4.69, 9.17) is 14.6 Å². The SMILES string of the molecule is COc1cc2c(cc1OC)-c1c(-c3ccsc3)cc(C(=O)CNCC(=O)O)n1CC2. The number of fused-ring (bicyclic) bond motifs is 3. The van der Waals surface area contributed by atoms with E-state index < -0.39 is 5.97 Å². The molecule has 0 saturated heterocycles. The lowest BCUT2D eigenvalue weighted by Crippen LogP contribution is -2.30. The number of aryl methyl sites for hydroxylation is 1. The minimum Gasteiger partial charge on any atom is -0.493 e. The number of Topliss-reactive ketones (excluding diaryl/α,β-unsaturated/α-hetero) is 1. The van der Waals surface area contributed by atoms with Gasteiger partial charge in [-0.05, 0) is 52.6 Å². The zero-order valence-electron chi connectivity index (χ0n) is 16.7. The molecule has 156 valence electrons. The molecule has 4 rings (SSSR count). The fraction of sp³-hybridized carbons (Fsp3) is 0.273. The lowest BCUT2D eigenvalue weighted by molar-refractivity contribution is -0.135. The molecule has 3 aromatic rings. The molecule has 8 heteroatoms. The number of methoxy groups -OCH3 is 2. The summed E-state index contributed by atoms with van der Waals surface area (Å²) in [6, 6.07) is 7.91. The van der Waals surface area contributed by atoms with Crippen LogP contribution < -0.4 is 14.8 Å². The first-order chi connectivity index (χ1) is 14.5. The number of hydrogen-bond donors (Lipinski definition) is 2. The standard InChI is InChI=1S/C22H22N2O5S/c1-28-19-7-13-3-5-24-17(18(25)10-23-11-21(26)27)8-15(14-4-6-30-12-14)22(24)16(13)9-20(19)29-2/h4,6-9,12,23H,3,5,10-11H2,1-2H3,(H,26,27). The maximum absolute atomic E-state index is 12.9. The summed E-state index contributed by atoms with van der Waals surface area (Å²) < 4.78 is 13.0. The largest absolute Gasteiger partial charge is 0.493 e. The average Bonchev–Trinajstić information content (AvgIpc) is 3.40. The molecule has 1 aromatic carbocycles. The van der Waals surface area contributed by atoms with Crippen LogP contribution in [0, 0.1) is 0 Å². The van der Waals surface area contributed by atoms with Crippen molar-refractivity contribution >= 4 is 23.1 Å². The topological polar surface area (TPSA) is 89.8 Å². The number of carbonyl (C=O) groups is 2. The van der Waals surface area contributed by atoms with Crippen molar-refractivity contribution in [3.8, 4) is 33.9 Å². The third-order valence-electron chi connectivity index (χ3n) is 5.25. The summed E-state index contributed by atoms with van der Waals surface area (Å²) >= 11 is 1.60. The molecular formula is C22H22N2O5S. The van der Waals surface area contributed by atoms with Crippen LogP contribution in [0.3, 0.4) is 0 Å². The third-order valence-corrected chi connectivity index (χ3v) is 5.93. The normalized spacial score (nSPS) is 12.2. The van der Waals surface area contributed by atoms with Crippen molar-refractivity contribution in [2.75, 3.05) is 27.3 Å². The Morgan fingerprint density at radius 1 is 1.13 bits per heavy atom. The van der Waals surface area contributed by atoms with Gasteiger partial charge >= 0.3 is 5.97 Å². The highest BCUT2D eigenvalue weighted by molar-refractivity contribution is 7.08. The number of nitrogens with zero attached hydrogens (tertiary/aromatic N) is 1. The van der Waals surface area contributed by atoms with Crippen LogP contribution in [0.4, 0.5) is 0 Å². The fourth-order valence-electron chi connectivity index (χ4n) is 3.89. The van der Waals surface area contributed by atoms with Crippen LogP contribution in [0.2, 0.25) is 0 Å². The lowest BCUT2D eigenvalue weighted by atomic mass is 9.94. The third kappa shape index (κ3) is 3.59. The van der Waals surface area contributed by atoms with Gasteiger partial charge in [0.15, 0.2) is 17.3 Å². The van der Waals surface area contributed by atoms with E-state index in [1.165, 1.54) is 0 Å². The Morgan fingerprint density at radius 2 is 1.90 bits per heavy atom. The van der Waals surface area contributed by atoms with Crippen LogP contribution in [0.5, 0.6) is 11.5 Å². The van der Waals surface area contributed by atoms with E-state index in [9.17, 15) is 9.59 Å². The number of benzene rings is 1. The lowest BCUT2D eigenvalue weighted by Gasteiger charge is -2.24. The number of carboxylic acids is 1. The molecule has 0 saturated carbocycles. The fourth-order valence-corrected chi connectivity index (χ4v) is 4.55. The molecule has 0 aliphatic carbocycles. The van der Waals surface area contributed by atoms with Gasteiger partial charge < -0.3 is 19.1 Å². The Hall–Kier alpha value is -3.10. The van der Waals surface area contributed by atoms with E-state index in [1.807, 2.05) is 34.2 Å². The zero-order valence-corrected chi connectivity index (χ0v) is 17.5. The van der Waals surface area contributed by atoms with Crippen LogP contribution in [0.15, 0.2) is 35.0 Å². The Bertz CT molecular complexity index is 1100. The summed E-state index contributed by atoms with van der Waals surface area (Å²) in [5, 5.41) is 15.6. The first-order valence-corrected chi connectivity index (χ1v) is 10.4. The number of carboxylic acid groups (broad SMARTS) is 1. The summed E-state index contributed by atoms with van der Waals surface area (Å²) in [6.45, 7) is 0.371. The molecule has 2 N–H and O–H groups in total. The molecule has 0 fully saturated rings. The maximum Gasteiger partial charge on any atom is 0.317 e. The maximum atomic E-state index is 12.9. The Morgan fingerprint density at radius 3 is 2.57 bits per heavy atom. The minimum absolute atomic E-state index is 0.0301. The molecular weight excluding hydrogens is 404 g/mol. The van der Waals surface area contributed by atoms with Crippen molar-refractivity contribution in [3.63, 3.8) is 0 Å². The molecule has 0 radical (unpaired) electrons. The second kappa shape index (κ2) is 8.33.